The van der Waals surface area contributed by atoms with E-state index in [2.05, 4.69) is 21.6 Å². The van der Waals surface area contributed by atoms with Gasteiger partial charge in [0.05, 0.1) is 27.4 Å². The van der Waals surface area contributed by atoms with E-state index in [1.807, 2.05) is 42.5 Å². The number of imidazole rings is 1. The van der Waals surface area contributed by atoms with Crippen molar-refractivity contribution in [2.45, 2.75) is 11.4 Å². The van der Waals surface area contributed by atoms with Gasteiger partial charge in [0.2, 0.25) is 16.0 Å². The molecule has 4 aromatic rings. The van der Waals surface area contributed by atoms with Gasteiger partial charge in [0, 0.05) is 38.3 Å². The first-order chi connectivity index (χ1) is 16.4. The third-order valence-electron chi connectivity index (χ3n) is 6.01. The summed E-state index contributed by atoms with van der Waals surface area (Å²) in [5.41, 5.74) is 2.82. The number of hydrogen-bond donors (Lipinski definition) is 0. The second kappa shape index (κ2) is 8.88. The summed E-state index contributed by atoms with van der Waals surface area (Å²) in [7, 11) is -3.83. The van der Waals surface area contributed by atoms with Crippen LogP contribution >= 0.6 is 0 Å². The first kappa shape index (κ1) is 22.1. The molecule has 0 aliphatic carbocycles. The first-order valence-corrected chi connectivity index (χ1v) is 12.4. The molecule has 0 radical (unpaired) electrons. The Kier molecular flexibility index (Phi) is 5.76. The molecule has 0 spiro atoms. The summed E-state index contributed by atoms with van der Waals surface area (Å²) in [6.45, 7) is 2.11. The van der Waals surface area contributed by atoms with Crippen LogP contribution in [-0.2, 0) is 16.6 Å². The Morgan fingerprint density at radius 2 is 1.59 bits per heavy atom. The lowest BCUT2D eigenvalue weighted by Gasteiger charge is -2.34. The topological polar surface area (TPSA) is 102 Å². The molecule has 2 heterocycles. The Bertz CT molecular complexity index is 1440. The number of nitro benzene ring substituents is 1. The fourth-order valence-electron chi connectivity index (χ4n) is 4.26. The van der Waals surface area contributed by atoms with Crippen molar-refractivity contribution in [3.05, 3.63) is 94.5 Å². The number of hydrogen-bond acceptors (Lipinski definition) is 6. The van der Waals surface area contributed by atoms with E-state index in [9.17, 15) is 18.5 Å². The second-order valence-corrected chi connectivity index (χ2v) is 10.1. The number of anilines is 1. The van der Waals surface area contributed by atoms with Crippen molar-refractivity contribution in [2.24, 2.45) is 0 Å². The van der Waals surface area contributed by atoms with Crippen molar-refractivity contribution in [2.75, 3.05) is 31.1 Å². The summed E-state index contributed by atoms with van der Waals surface area (Å²) in [4.78, 5) is 17.4. The summed E-state index contributed by atoms with van der Waals surface area (Å²) in [5, 5.41) is 11.1. The van der Waals surface area contributed by atoms with Crippen LogP contribution in [0.1, 0.15) is 5.56 Å². The third kappa shape index (κ3) is 4.13. The van der Waals surface area contributed by atoms with Crippen molar-refractivity contribution >= 4 is 32.7 Å². The van der Waals surface area contributed by atoms with Crippen LogP contribution in [0, 0.1) is 10.1 Å². The Labute approximate surface area is 197 Å². The van der Waals surface area contributed by atoms with Gasteiger partial charge >= 0.3 is 0 Å². The summed E-state index contributed by atoms with van der Waals surface area (Å²) in [6.07, 6.45) is 0. The summed E-state index contributed by atoms with van der Waals surface area (Å²) in [6, 6.07) is 23.3. The minimum absolute atomic E-state index is 0.0635. The number of nitro groups is 1. The number of rotatable bonds is 6. The highest BCUT2D eigenvalue weighted by atomic mass is 32.2. The van der Waals surface area contributed by atoms with Crippen LogP contribution in [0.5, 0.6) is 0 Å². The normalized spacial score (nSPS) is 15.0. The summed E-state index contributed by atoms with van der Waals surface area (Å²) in [5.74, 6) is 0.803. The highest BCUT2D eigenvalue weighted by molar-refractivity contribution is 7.89. The molecule has 0 unspecified atom stereocenters. The molecule has 0 N–H and O–H groups in total. The van der Waals surface area contributed by atoms with Crippen LogP contribution in [0.15, 0.2) is 83.8 Å². The molecule has 1 saturated heterocycles. The molecule has 0 atom stereocenters. The van der Waals surface area contributed by atoms with E-state index < -0.39 is 14.9 Å². The van der Waals surface area contributed by atoms with E-state index in [1.54, 1.807) is 0 Å². The van der Waals surface area contributed by atoms with Crippen molar-refractivity contribution in [3.8, 4) is 0 Å². The molecule has 1 aromatic heterocycles. The lowest BCUT2D eigenvalue weighted by atomic mass is 10.2. The van der Waals surface area contributed by atoms with Gasteiger partial charge in [0.1, 0.15) is 0 Å². The maximum Gasteiger partial charge on any atom is 0.270 e. The zero-order valence-corrected chi connectivity index (χ0v) is 19.1. The van der Waals surface area contributed by atoms with Gasteiger partial charge in [0.25, 0.3) is 5.69 Å². The molecule has 5 rings (SSSR count). The minimum Gasteiger partial charge on any atom is -0.340 e. The van der Waals surface area contributed by atoms with Crippen LogP contribution in [0.25, 0.3) is 11.0 Å². The monoisotopic (exact) mass is 477 g/mol. The van der Waals surface area contributed by atoms with Crippen molar-refractivity contribution in [1.29, 1.82) is 0 Å². The van der Waals surface area contributed by atoms with Crippen molar-refractivity contribution in [1.82, 2.24) is 13.9 Å². The predicted molar refractivity (Wildman–Crippen MR) is 129 cm³/mol. The first-order valence-electron chi connectivity index (χ1n) is 10.9. The lowest BCUT2D eigenvalue weighted by Crippen LogP contribution is -2.49. The zero-order valence-electron chi connectivity index (χ0n) is 18.3. The van der Waals surface area contributed by atoms with Gasteiger partial charge in [-0.2, -0.15) is 4.31 Å². The molecule has 1 aliphatic heterocycles. The predicted octanol–water partition coefficient (Wildman–Crippen LogP) is 3.50. The van der Waals surface area contributed by atoms with Gasteiger partial charge in [0.15, 0.2) is 0 Å². The summed E-state index contributed by atoms with van der Waals surface area (Å²) >= 11 is 0. The van der Waals surface area contributed by atoms with Crippen LogP contribution < -0.4 is 4.90 Å². The van der Waals surface area contributed by atoms with Gasteiger partial charge in [-0.25, -0.2) is 13.4 Å². The van der Waals surface area contributed by atoms with Crippen LogP contribution in [-0.4, -0.2) is 53.4 Å². The molecule has 174 valence electrons. The van der Waals surface area contributed by atoms with Gasteiger partial charge in [-0.3, -0.25) is 10.1 Å². The molecule has 0 saturated carbocycles. The van der Waals surface area contributed by atoms with Gasteiger partial charge in [-0.15, -0.1) is 0 Å². The fourth-order valence-corrected chi connectivity index (χ4v) is 5.72. The van der Waals surface area contributed by atoms with Crippen LogP contribution in [0.4, 0.5) is 11.6 Å². The Balaban J connectivity index is 1.40. The number of aromatic nitrogens is 2. The fraction of sp³-hybridized carbons (Fsp3) is 0.208. The van der Waals surface area contributed by atoms with E-state index >= 15 is 0 Å². The number of para-hydroxylation sites is 2. The molecule has 34 heavy (non-hydrogen) atoms. The average Bonchev–Trinajstić information content (AvgIpc) is 3.23. The molecular weight excluding hydrogens is 454 g/mol. The molecule has 3 aromatic carbocycles. The van der Waals surface area contributed by atoms with E-state index in [-0.39, 0.29) is 23.7 Å². The van der Waals surface area contributed by atoms with E-state index in [4.69, 9.17) is 4.98 Å². The second-order valence-electron chi connectivity index (χ2n) is 8.12. The number of fused-ring (bicyclic) bond motifs is 1. The standard InChI is InChI=1S/C24H23N5O4S/c30-29(31)20-9-6-10-21(17-20)34(32,33)27-15-13-26(14-16-27)24-25-22-11-4-5-12-23(22)28(24)18-19-7-2-1-3-8-19/h1-12,17H,13-16,18H2. The van der Waals surface area contributed by atoms with Crippen molar-refractivity contribution < 1.29 is 13.3 Å². The maximum atomic E-state index is 13.1. The average molecular weight is 478 g/mol. The Morgan fingerprint density at radius 3 is 2.32 bits per heavy atom. The largest absolute Gasteiger partial charge is 0.340 e. The zero-order chi connectivity index (χ0) is 23.7. The number of benzene rings is 3. The molecule has 9 nitrogen and oxygen atoms in total. The molecule has 1 fully saturated rings. The van der Waals surface area contributed by atoms with Gasteiger partial charge in [-0.1, -0.05) is 48.5 Å². The molecule has 0 amide bonds. The molecular formula is C24H23N5O4S. The van der Waals surface area contributed by atoms with E-state index in [0.29, 0.717) is 19.6 Å². The van der Waals surface area contributed by atoms with Crippen LogP contribution in [0.3, 0.4) is 0 Å². The van der Waals surface area contributed by atoms with Crippen LogP contribution in [0.2, 0.25) is 0 Å². The van der Waals surface area contributed by atoms with E-state index in [0.717, 1.165) is 28.6 Å². The molecule has 0 bridgehead atoms. The molecule has 10 heteroatoms. The number of non-ortho nitro benzene ring substituents is 1. The maximum absolute atomic E-state index is 13.1. The quantitative estimate of drug-likeness (QED) is 0.311. The third-order valence-corrected chi connectivity index (χ3v) is 7.90. The number of sulfonamides is 1. The number of piperazine rings is 1. The number of nitrogens with zero attached hydrogens (tertiary/aromatic N) is 5. The van der Waals surface area contributed by atoms with Gasteiger partial charge < -0.3 is 9.47 Å². The SMILES string of the molecule is O=[N+]([O-])c1cccc(S(=O)(=O)N2CCN(c3nc4ccccc4n3Cc3ccccc3)CC2)c1. The summed E-state index contributed by atoms with van der Waals surface area (Å²) < 4.78 is 29.8. The Morgan fingerprint density at radius 1 is 0.882 bits per heavy atom. The molecule has 1 aliphatic rings. The van der Waals surface area contributed by atoms with Crippen molar-refractivity contribution in [3.63, 3.8) is 0 Å². The highest BCUT2D eigenvalue weighted by Gasteiger charge is 2.31. The minimum atomic E-state index is -3.83. The Hall–Kier alpha value is -3.76. The smallest absolute Gasteiger partial charge is 0.270 e. The van der Waals surface area contributed by atoms with E-state index in [1.165, 1.54) is 22.5 Å². The lowest BCUT2D eigenvalue weighted by molar-refractivity contribution is -0.385. The van der Waals surface area contributed by atoms with Gasteiger partial charge in [-0.05, 0) is 23.8 Å². The highest BCUT2D eigenvalue weighted by Crippen LogP contribution is 2.27.